The van der Waals surface area contributed by atoms with Gasteiger partial charge in [-0.15, -0.1) is 0 Å². The fourth-order valence-electron chi connectivity index (χ4n) is 0.927. The summed E-state index contributed by atoms with van der Waals surface area (Å²) >= 11 is 4.79. The van der Waals surface area contributed by atoms with Crippen LogP contribution < -0.4 is 5.73 Å². The first kappa shape index (κ1) is 8.20. The van der Waals surface area contributed by atoms with E-state index in [9.17, 15) is 0 Å². The topological polar surface area (TPSA) is 43.8 Å². The molecule has 2 N–H and O–H groups in total. The van der Waals surface area contributed by atoms with Gasteiger partial charge in [-0.1, -0.05) is 12.2 Å². The Morgan fingerprint density at radius 3 is 3.00 bits per heavy atom. The molecule has 0 spiro atoms. The molecule has 0 saturated carbocycles. The van der Waals surface area contributed by atoms with Crippen LogP contribution in [0.25, 0.3) is 0 Å². The second-order valence-electron chi connectivity index (χ2n) is 2.53. The summed E-state index contributed by atoms with van der Waals surface area (Å²) in [5.74, 6) is 0. The van der Waals surface area contributed by atoms with E-state index < -0.39 is 0 Å². The number of hydrogen-bond donors (Lipinski definition) is 1. The predicted octanol–water partition coefficient (Wildman–Crippen LogP) is 1.12. The van der Waals surface area contributed by atoms with Gasteiger partial charge in [0.25, 0.3) is 0 Å². The van der Waals surface area contributed by atoms with Crippen molar-refractivity contribution in [2.24, 2.45) is 5.73 Å². The molecular formula is C7H11N3S. The van der Waals surface area contributed by atoms with Gasteiger partial charge in [-0.25, -0.2) is 4.98 Å². The van der Waals surface area contributed by atoms with Gasteiger partial charge in [0.2, 0.25) is 0 Å². The molecule has 0 aliphatic carbocycles. The molecule has 0 aromatic carbocycles. The van der Waals surface area contributed by atoms with E-state index in [-0.39, 0.29) is 0 Å². The molecule has 1 heterocycles. The highest BCUT2D eigenvalue weighted by molar-refractivity contribution is 7.80. The zero-order chi connectivity index (χ0) is 8.27. The number of nitrogens with two attached hydrogens (primary N) is 1. The lowest BCUT2D eigenvalue weighted by Gasteiger charge is -2.10. The van der Waals surface area contributed by atoms with Crippen LogP contribution in [0.5, 0.6) is 0 Å². The first-order valence-corrected chi connectivity index (χ1v) is 3.86. The van der Waals surface area contributed by atoms with Crippen LogP contribution >= 0.6 is 12.2 Å². The Labute approximate surface area is 71.2 Å². The molecule has 60 valence electrons. The summed E-state index contributed by atoms with van der Waals surface area (Å²) in [6, 6.07) is 0.315. The Balaban J connectivity index is 2.56. The first-order valence-electron chi connectivity index (χ1n) is 3.46. The third-order valence-corrected chi connectivity index (χ3v) is 1.70. The van der Waals surface area contributed by atoms with Gasteiger partial charge in [0.05, 0.1) is 11.3 Å². The van der Waals surface area contributed by atoms with Gasteiger partial charge in [-0.3, -0.25) is 0 Å². The maximum absolute atomic E-state index is 5.40. The Bertz CT molecular complexity index is 230. The Hall–Kier alpha value is -0.900. The van der Waals surface area contributed by atoms with Crippen LogP contribution in [0.2, 0.25) is 0 Å². The fraction of sp³-hybridized carbons (Fsp3) is 0.429. The minimum atomic E-state index is 0.315. The molecule has 3 nitrogen and oxygen atoms in total. The van der Waals surface area contributed by atoms with Crippen LogP contribution in [0.4, 0.5) is 0 Å². The van der Waals surface area contributed by atoms with Gasteiger partial charge in [0, 0.05) is 24.9 Å². The van der Waals surface area contributed by atoms with Gasteiger partial charge in [0.1, 0.15) is 0 Å². The van der Waals surface area contributed by atoms with Gasteiger partial charge in [-0.05, 0) is 6.92 Å². The molecule has 1 unspecified atom stereocenters. The molecule has 4 heteroatoms. The maximum Gasteiger partial charge on any atom is 0.0948 e. The number of nitrogens with zero attached hydrogens (tertiary/aromatic N) is 2. The zero-order valence-corrected chi connectivity index (χ0v) is 7.21. The van der Waals surface area contributed by atoms with E-state index in [2.05, 4.69) is 11.9 Å². The molecular weight excluding hydrogens is 158 g/mol. The molecule has 1 atom stereocenters. The summed E-state index contributed by atoms with van der Waals surface area (Å²) in [6.07, 6.45) is 6.15. The lowest BCUT2D eigenvalue weighted by molar-refractivity contribution is 0.568. The molecule has 0 aliphatic heterocycles. The van der Waals surface area contributed by atoms with Crippen molar-refractivity contribution in [1.82, 2.24) is 9.55 Å². The average molecular weight is 169 g/mol. The molecule has 1 rings (SSSR count). The standard InChI is InChI=1S/C7H11N3S/c1-6(4-7(8)11)10-3-2-9-5-10/h2-3,5-6H,4H2,1H3,(H2,8,11). The van der Waals surface area contributed by atoms with Crippen molar-refractivity contribution in [3.63, 3.8) is 0 Å². The van der Waals surface area contributed by atoms with Crippen molar-refractivity contribution in [2.75, 3.05) is 0 Å². The molecule has 0 amide bonds. The second-order valence-corrected chi connectivity index (χ2v) is 3.05. The second kappa shape index (κ2) is 3.48. The lowest BCUT2D eigenvalue weighted by Crippen LogP contribution is -2.14. The highest BCUT2D eigenvalue weighted by atomic mass is 32.1. The van der Waals surface area contributed by atoms with Crippen LogP contribution in [0.15, 0.2) is 18.7 Å². The smallest absolute Gasteiger partial charge is 0.0948 e. The fourth-order valence-corrected chi connectivity index (χ4v) is 1.17. The van der Waals surface area contributed by atoms with E-state index in [4.69, 9.17) is 18.0 Å². The van der Waals surface area contributed by atoms with Crippen LogP contribution in [0.1, 0.15) is 19.4 Å². The van der Waals surface area contributed by atoms with Crippen molar-refractivity contribution in [3.05, 3.63) is 18.7 Å². The lowest BCUT2D eigenvalue weighted by atomic mass is 10.2. The quantitative estimate of drug-likeness (QED) is 0.689. The van der Waals surface area contributed by atoms with Gasteiger partial charge in [0.15, 0.2) is 0 Å². The summed E-state index contributed by atoms with van der Waals surface area (Å²) in [6.45, 7) is 2.06. The summed E-state index contributed by atoms with van der Waals surface area (Å²) in [5, 5.41) is 0. The minimum Gasteiger partial charge on any atom is -0.393 e. The molecule has 0 fully saturated rings. The van der Waals surface area contributed by atoms with Crippen molar-refractivity contribution < 1.29 is 0 Å². The van der Waals surface area contributed by atoms with Gasteiger partial charge >= 0.3 is 0 Å². The highest BCUT2D eigenvalue weighted by Crippen LogP contribution is 2.08. The molecule has 0 radical (unpaired) electrons. The van der Waals surface area contributed by atoms with E-state index in [0.29, 0.717) is 11.0 Å². The van der Waals surface area contributed by atoms with Crippen LogP contribution in [0.3, 0.4) is 0 Å². The van der Waals surface area contributed by atoms with Crippen molar-refractivity contribution >= 4 is 17.2 Å². The predicted molar refractivity (Wildman–Crippen MR) is 48.3 cm³/mol. The highest BCUT2D eigenvalue weighted by Gasteiger charge is 2.03. The molecule has 1 aromatic rings. The number of aromatic nitrogens is 2. The van der Waals surface area contributed by atoms with Crippen LogP contribution in [-0.2, 0) is 0 Å². The molecule has 11 heavy (non-hydrogen) atoms. The Morgan fingerprint density at radius 2 is 2.55 bits per heavy atom. The van der Waals surface area contributed by atoms with Crippen molar-refractivity contribution in [1.29, 1.82) is 0 Å². The van der Waals surface area contributed by atoms with E-state index >= 15 is 0 Å². The van der Waals surface area contributed by atoms with E-state index in [1.165, 1.54) is 0 Å². The van der Waals surface area contributed by atoms with Gasteiger partial charge < -0.3 is 10.3 Å². The van der Waals surface area contributed by atoms with Gasteiger partial charge in [-0.2, -0.15) is 0 Å². The normalized spacial score (nSPS) is 12.8. The summed E-state index contributed by atoms with van der Waals surface area (Å²) in [7, 11) is 0. The number of rotatable bonds is 3. The molecule has 0 saturated heterocycles. The van der Waals surface area contributed by atoms with E-state index in [0.717, 1.165) is 6.42 Å². The third kappa shape index (κ3) is 2.31. The van der Waals surface area contributed by atoms with Crippen LogP contribution in [-0.4, -0.2) is 14.5 Å². The maximum atomic E-state index is 5.40. The van der Waals surface area contributed by atoms with Crippen molar-refractivity contribution in [3.8, 4) is 0 Å². The van der Waals surface area contributed by atoms with E-state index in [1.807, 2.05) is 10.8 Å². The SMILES string of the molecule is CC(CC(N)=S)n1ccnc1. The minimum absolute atomic E-state index is 0.315. The van der Waals surface area contributed by atoms with Crippen molar-refractivity contribution in [2.45, 2.75) is 19.4 Å². The summed E-state index contributed by atoms with van der Waals surface area (Å²) in [4.78, 5) is 4.48. The number of hydrogen-bond acceptors (Lipinski definition) is 2. The largest absolute Gasteiger partial charge is 0.393 e. The van der Waals surface area contributed by atoms with Crippen LogP contribution in [0, 0.1) is 0 Å². The van der Waals surface area contributed by atoms with E-state index in [1.54, 1.807) is 12.5 Å². The Kier molecular flexibility index (Phi) is 2.59. The summed E-state index contributed by atoms with van der Waals surface area (Å²) < 4.78 is 1.99. The summed E-state index contributed by atoms with van der Waals surface area (Å²) in [5.41, 5.74) is 5.40. The average Bonchev–Trinajstić information content (AvgIpc) is 2.35. The number of imidazole rings is 1. The third-order valence-electron chi connectivity index (χ3n) is 1.53. The first-order chi connectivity index (χ1) is 5.20. The molecule has 0 bridgehead atoms. The zero-order valence-electron chi connectivity index (χ0n) is 6.40. The monoisotopic (exact) mass is 169 g/mol. The molecule has 0 aliphatic rings. The number of thiocarbonyl (C=S) groups is 1. The molecule has 1 aromatic heterocycles. The Morgan fingerprint density at radius 1 is 1.82 bits per heavy atom.